The van der Waals surface area contributed by atoms with Crippen LogP contribution >= 0.6 is 0 Å². The van der Waals surface area contributed by atoms with Gasteiger partial charge >= 0.3 is 0 Å². The van der Waals surface area contributed by atoms with Crippen LogP contribution in [0.1, 0.15) is 49.4 Å². The van der Waals surface area contributed by atoms with E-state index >= 15 is 0 Å². The second kappa shape index (κ2) is 5.95. The highest BCUT2D eigenvalue weighted by atomic mass is 16.1. The number of nitrogen functional groups attached to an aromatic ring is 1. The van der Waals surface area contributed by atoms with Crippen LogP contribution in [0.3, 0.4) is 0 Å². The molecule has 4 nitrogen and oxygen atoms in total. The monoisotopic (exact) mass is 261 g/mol. The van der Waals surface area contributed by atoms with Gasteiger partial charge in [-0.15, -0.1) is 0 Å². The number of hydrogen-bond acceptors (Lipinski definition) is 3. The minimum atomic E-state index is -0.433. The molecule has 19 heavy (non-hydrogen) atoms. The van der Waals surface area contributed by atoms with Gasteiger partial charge in [0.2, 0.25) is 0 Å². The van der Waals surface area contributed by atoms with Crippen molar-refractivity contribution in [2.75, 3.05) is 11.1 Å². The van der Waals surface area contributed by atoms with Gasteiger partial charge in [-0.1, -0.05) is 13.3 Å². The maximum Gasteiger partial charge on any atom is 0.250 e. The van der Waals surface area contributed by atoms with Gasteiger partial charge in [0.25, 0.3) is 5.91 Å². The van der Waals surface area contributed by atoms with Crippen LogP contribution in [0.25, 0.3) is 0 Å². The number of carbonyl (C=O) groups excluding carboxylic acids is 1. The van der Waals surface area contributed by atoms with Crippen molar-refractivity contribution < 1.29 is 4.79 Å². The fourth-order valence-corrected chi connectivity index (χ4v) is 2.83. The van der Waals surface area contributed by atoms with E-state index in [9.17, 15) is 4.79 Å². The van der Waals surface area contributed by atoms with Crippen molar-refractivity contribution in [3.05, 3.63) is 23.8 Å². The average Bonchev–Trinajstić information content (AvgIpc) is 2.41. The molecule has 0 spiro atoms. The highest BCUT2D eigenvalue weighted by Crippen LogP contribution is 2.29. The first-order valence-electron chi connectivity index (χ1n) is 7.06. The molecule has 0 bridgehead atoms. The van der Waals surface area contributed by atoms with Crippen molar-refractivity contribution in [3.8, 4) is 0 Å². The van der Waals surface area contributed by atoms with Crippen LogP contribution in [-0.4, -0.2) is 11.9 Å². The molecule has 4 heteroatoms. The number of carbonyl (C=O) groups is 1. The number of anilines is 2. The van der Waals surface area contributed by atoms with E-state index in [1.54, 1.807) is 12.1 Å². The van der Waals surface area contributed by atoms with Gasteiger partial charge in [0.05, 0.1) is 5.56 Å². The summed E-state index contributed by atoms with van der Waals surface area (Å²) in [5.74, 6) is 0.428. The maximum absolute atomic E-state index is 11.4. The SMILES string of the molecule is CCC1CCC(Nc2ccc(N)cc2C(N)=O)CC1. The summed E-state index contributed by atoms with van der Waals surface area (Å²) in [5, 5.41) is 3.45. The number of nitrogens with two attached hydrogens (primary N) is 2. The lowest BCUT2D eigenvalue weighted by Gasteiger charge is -2.29. The molecule has 1 saturated carbocycles. The molecule has 1 aromatic carbocycles. The number of nitrogens with one attached hydrogen (secondary N) is 1. The Morgan fingerprint density at radius 1 is 1.32 bits per heavy atom. The number of amides is 1. The third-order valence-corrected chi connectivity index (χ3v) is 4.09. The highest BCUT2D eigenvalue weighted by molar-refractivity contribution is 5.99. The quantitative estimate of drug-likeness (QED) is 0.729. The zero-order valence-corrected chi connectivity index (χ0v) is 11.5. The molecule has 1 amide bonds. The van der Waals surface area contributed by atoms with Crippen LogP contribution in [0.4, 0.5) is 11.4 Å². The number of benzene rings is 1. The van der Waals surface area contributed by atoms with Crippen LogP contribution < -0.4 is 16.8 Å². The van der Waals surface area contributed by atoms with Gasteiger partial charge in [-0.2, -0.15) is 0 Å². The Bertz CT molecular complexity index is 451. The first-order chi connectivity index (χ1) is 9.10. The summed E-state index contributed by atoms with van der Waals surface area (Å²) < 4.78 is 0. The Labute approximate surface area is 114 Å². The molecule has 0 radical (unpaired) electrons. The third kappa shape index (κ3) is 3.40. The lowest BCUT2D eigenvalue weighted by molar-refractivity contribution is 0.100. The fourth-order valence-electron chi connectivity index (χ4n) is 2.83. The third-order valence-electron chi connectivity index (χ3n) is 4.09. The summed E-state index contributed by atoms with van der Waals surface area (Å²) >= 11 is 0. The van der Waals surface area contributed by atoms with E-state index in [1.807, 2.05) is 6.07 Å². The summed E-state index contributed by atoms with van der Waals surface area (Å²) in [6.07, 6.45) is 6.09. The molecule has 0 atom stereocenters. The molecule has 2 rings (SSSR count). The number of primary amides is 1. The lowest BCUT2D eigenvalue weighted by atomic mass is 9.84. The van der Waals surface area contributed by atoms with Gasteiger partial charge in [0.15, 0.2) is 0 Å². The van der Waals surface area contributed by atoms with Gasteiger partial charge in [0, 0.05) is 17.4 Å². The molecule has 1 aliphatic rings. The van der Waals surface area contributed by atoms with Gasteiger partial charge < -0.3 is 16.8 Å². The minimum absolute atomic E-state index is 0.433. The summed E-state index contributed by atoms with van der Waals surface area (Å²) in [7, 11) is 0. The summed E-state index contributed by atoms with van der Waals surface area (Å²) in [5.41, 5.74) is 13.0. The average molecular weight is 261 g/mol. The van der Waals surface area contributed by atoms with E-state index in [1.165, 1.54) is 19.3 Å². The summed E-state index contributed by atoms with van der Waals surface area (Å²) in [6, 6.07) is 5.72. The van der Waals surface area contributed by atoms with E-state index in [4.69, 9.17) is 11.5 Å². The molecule has 1 aromatic rings. The first-order valence-corrected chi connectivity index (χ1v) is 7.06. The number of hydrogen-bond donors (Lipinski definition) is 3. The molecule has 1 aliphatic carbocycles. The standard InChI is InChI=1S/C15H23N3O/c1-2-10-3-6-12(7-4-10)18-14-8-5-11(16)9-13(14)15(17)19/h5,8-10,12,18H,2-4,6-7,16H2,1H3,(H2,17,19). The predicted molar refractivity (Wildman–Crippen MR) is 79.0 cm³/mol. The lowest BCUT2D eigenvalue weighted by Crippen LogP contribution is -2.27. The van der Waals surface area contributed by atoms with Crippen molar-refractivity contribution in [1.82, 2.24) is 0 Å². The number of rotatable bonds is 4. The van der Waals surface area contributed by atoms with Crippen LogP contribution in [-0.2, 0) is 0 Å². The second-order valence-electron chi connectivity index (χ2n) is 5.44. The molecule has 0 heterocycles. The Morgan fingerprint density at radius 2 is 2.00 bits per heavy atom. The van der Waals surface area contributed by atoms with E-state index in [0.717, 1.165) is 24.4 Å². The molecule has 0 aromatic heterocycles. The normalized spacial score (nSPS) is 23.0. The topological polar surface area (TPSA) is 81.1 Å². The molecular formula is C15H23N3O. The van der Waals surface area contributed by atoms with Crippen molar-refractivity contribution in [2.24, 2.45) is 11.7 Å². The van der Waals surface area contributed by atoms with Crippen LogP contribution in [0.5, 0.6) is 0 Å². The van der Waals surface area contributed by atoms with Gasteiger partial charge in [0.1, 0.15) is 0 Å². The Balaban J connectivity index is 2.05. The minimum Gasteiger partial charge on any atom is -0.399 e. The van der Waals surface area contributed by atoms with Crippen LogP contribution in [0.15, 0.2) is 18.2 Å². The summed E-state index contributed by atoms with van der Waals surface area (Å²) in [6.45, 7) is 2.25. The van der Waals surface area contributed by atoms with E-state index in [-0.39, 0.29) is 0 Å². The van der Waals surface area contributed by atoms with Crippen molar-refractivity contribution in [1.29, 1.82) is 0 Å². The van der Waals surface area contributed by atoms with Gasteiger partial charge in [-0.05, 0) is 49.8 Å². The van der Waals surface area contributed by atoms with Crippen molar-refractivity contribution in [2.45, 2.75) is 45.1 Å². The zero-order chi connectivity index (χ0) is 13.8. The van der Waals surface area contributed by atoms with Crippen molar-refractivity contribution >= 4 is 17.3 Å². The van der Waals surface area contributed by atoms with Gasteiger partial charge in [-0.25, -0.2) is 0 Å². The molecule has 0 unspecified atom stereocenters. The van der Waals surface area contributed by atoms with E-state index < -0.39 is 5.91 Å². The van der Waals surface area contributed by atoms with E-state index in [0.29, 0.717) is 17.3 Å². The molecule has 5 N–H and O–H groups in total. The molecule has 1 fully saturated rings. The van der Waals surface area contributed by atoms with E-state index in [2.05, 4.69) is 12.2 Å². The Morgan fingerprint density at radius 3 is 2.58 bits per heavy atom. The van der Waals surface area contributed by atoms with Gasteiger partial charge in [-0.3, -0.25) is 4.79 Å². The van der Waals surface area contributed by atoms with Crippen LogP contribution in [0, 0.1) is 5.92 Å². The molecular weight excluding hydrogens is 238 g/mol. The first kappa shape index (κ1) is 13.7. The van der Waals surface area contributed by atoms with Crippen molar-refractivity contribution in [3.63, 3.8) is 0 Å². The second-order valence-corrected chi connectivity index (χ2v) is 5.44. The molecule has 104 valence electrons. The molecule has 0 aliphatic heterocycles. The Hall–Kier alpha value is -1.71. The van der Waals surface area contributed by atoms with Crippen LogP contribution in [0.2, 0.25) is 0 Å². The summed E-state index contributed by atoms with van der Waals surface area (Å²) in [4.78, 5) is 11.4. The zero-order valence-electron chi connectivity index (χ0n) is 11.5. The Kier molecular flexibility index (Phi) is 4.30. The highest BCUT2D eigenvalue weighted by Gasteiger charge is 2.21. The smallest absolute Gasteiger partial charge is 0.250 e. The maximum atomic E-state index is 11.4. The predicted octanol–water partition coefficient (Wildman–Crippen LogP) is 2.75. The fraction of sp³-hybridized carbons (Fsp3) is 0.533. The molecule has 0 saturated heterocycles. The largest absolute Gasteiger partial charge is 0.399 e.